The Morgan fingerprint density at radius 3 is 2.55 bits per heavy atom. The topological polar surface area (TPSA) is 158 Å². The standard InChI is InChI=1S/C35H45N5O8S/c1-25(19-22-46-34-35(40(43)48-37-34)49(44,45)28-14-6-3-7-15-28)47-32(42)23-36-31(41)18-8-17-30-29-16-10-21-38-20-9-11-26(33(29)38)24-39(30)27-12-4-2-5-13-27/h2-7,12-15,25-26,29-30,33H,8-11,16-24H2,1H3,(H,36,41). The summed E-state index contributed by atoms with van der Waals surface area (Å²) < 4.78 is 41.1. The quantitative estimate of drug-likeness (QED) is 0.194. The summed E-state index contributed by atoms with van der Waals surface area (Å²) in [5.41, 5.74) is 1.26. The van der Waals surface area contributed by atoms with Gasteiger partial charge >= 0.3 is 16.9 Å². The van der Waals surface area contributed by atoms with E-state index in [1.807, 2.05) is 0 Å². The number of anilines is 1. The molecule has 3 fully saturated rings. The van der Waals surface area contributed by atoms with Crippen molar-refractivity contribution >= 4 is 27.4 Å². The summed E-state index contributed by atoms with van der Waals surface area (Å²) in [5.74, 6) is -0.00920. The largest absolute Gasteiger partial charge is 0.461 e. The van der Waals surface area contributed by atoms with Crippen LogP contribution in [0.1, 0.15) is 58.3 Å². The first-order chi connectivity index (χ1) is 23.7. The Labute approximate surface area is 287 Å². The molecule has 5 atom stereocenters. The van der Waals surface area contributed by atoms with Crippen LogP contribution in [0.5, 0.6) is 5.88 Å². The minimum atomic E-state index is -4.24. The van der Waals surface area contributed by atoms with Gasteiger partial charge in [0.1, 0.15) is 12.6 Å². The van der Waals surface area contributed by atoms with Gasteiger partial charge in [0.05, 0.1) is 16.7 Å². The van der Waals surface area contributed by atoms with E-state index in [1.54, 1.807) is 13.0 Å². The molecule has 2 aromatic carbocycles. The third-order valence-electron chi connectivity index (χ3n) is 10.0. The number of piperidine rings is 3. The van der Waals surface area contributed by atoms with Crippen LogP contribution in [-0.2, 0) is 24.2 Å². The number of ether oxygens (including phenoxy) is 2. The number of hydrogen-bond acceptors (Lipinski definition) is 11. The van der Waals surface area contributed by atoms with Gasteiger partial charge in [-0.2, -0.15) is 0 Å². The highest BCUT2D eigenvalue weighted by Crippen LogP contribution is 2.44. The Morgan fingerprint density at radius 2 is 1.80 bits per heavy atom. The molecule has 1 aromatic heterocycles. The lowest BCUT2D eigenvalue weighted by atomic mass is 9.69. The number of benzene rings is 2. The molecule has 264 valence electrons. The maximum Gasteiger partial charge on any atom is 0.414 e. The van der Waals surface area contributed by atoms with Crippen LogP contribution < -0.4 is 19.9 Å². The molecule has 1 amide bonds. The van der Waals surface area contributed by atoms with Crippen molar-refractivity contribution in [1.29, 1.82) is 0 Å². The smallest absolute Gasteiger partial charge is 0.414 e. The number of amides is 1. The van der Waals surface area contributed by atoms with Gasteiger partial charge in [0.25, 0.3) is 9.84 Å². The van der Waals surface area contributed by atoms with Gasteiger partial charge in [0.15, 0.2) is 0 Å². The number of rotatable bonds is 14. The first-order valence-corrected chi connectivity index (χ1v) is 18.7. The number of sulfone groups is 1. The predicted molar refractivity (Wildman–Crippen MR) is 178 cm³/mol. The second-order valence-electron chi connectivity index (χ2n) is 13.3. The van der Waals surface area contributed by atoms with Crippen LogP contribution in [0.15, 0.2) is 75.2 Å². The summed E-state index contributed by atoms with van der Waals surface area (Å²) in [6, 6.07) is 19.0. The van der Waals surface area contributed by atoms with Gasteiger partial charge in [-0.25, -0.2) is 8.42 Å². The van der Waals surface area contributed by atoms with Crippen LogP contribution in [-0.4, -0.2) is 81.3 Å². The Bertz CT molecular complexity index is 1670. The number of aromatic nitrogens is 2. The molecular weight excluding hydrogens is 650 g/mol. The molecule has 4 heterocycles. The van der Waals surface area contributed by atoms with E-state index >= 15 is 0 Å². The van der Waals surface area contributed by atoms with Crippen LogP contribution in [0.3, 0.4) is 0 Å². The number of nitrogens with one attached hydrogen (secondary N) is 1. The molecule has 0 bridgehead atoms. The van der Waals surface area contributed by atoms with E-state index in [1.165, 1.54) is 68.7 Å². The summed E-state index contributed by atoms with van der Waals surface area (Å²) in [6.45, 7) is 4.73. The van der Waals surface area contributed by atoms with Crippen molar-refractivity contribution in [2.75, 3.05) is 37.7 Å². The molecule has 0 spiro atoms. The van der Waals surface area contributed by atoms with E-state index < -0.39 is 32.8 Å². The number of carbonyl (C=O) groups excluding carboxylic acids is 2. The van der Waals surface area contributed by atoms with Crippen molar-refractivity contribution in [3.63, 3.8) is 0 Å². The first-order valence-electron chi connectivity index (χ1n) is 17.3. The maximum absolute atomic E-state index is 12.9. The minimum Gasteiger partial charge on any atom is -0.461 e. The fourth-order valence-electron chi connectivity index (χ4n) is 7.90. The third-order valence-corrected chi connectivity index (χ3v) is 11.8. The van der Waals surface area contributed by atoms with Crippen molar-refractivity contribution in [2.24, 2.45) is 11.8 Å². The van der Waals surface area contributed by atoms with Crippen molar-refractivity contribution < 1.29 is 37.0 Å². The summed E-state index contributed by atoms with van der Waals surface area (Å²) in [7, 11) is -4.24. The van der Waals surface area contributed by atoms with Gasteiger partial charge in [-0.1, -0.05) is 36.4 Å². The Kier molecular flexibility index (Phi) is 11.0. The molecule has 6 rings (SSSR count). The second-order valence-corrected chi connectivity index (χ2v) is 15.1. The van der Waals surface area contributed by atoms with Gasteiger partial charge < -0.3 is 24.9 Å². The number of hydrogen-bond donors (Lipinski definition) is 1. The average molecular weight is 696 g/mol. The Hall–Kier alpha value is -4.17. The van der Waals surface area contributed by atoms with Gasteiger partial charge in [-0.15, -0.1) is 0 Å². The van der Waals surface area contributed by atoms with Gasteiger partial charge in [0.2, 0.25) is 5.91 Å². The molecule has 13 nitrogen and oxygen atoms in total. The zero-order valence-electron chi connectivity index (χ0n) is 27.8. The van der Waals surface area contributed by atoms with Crippen molar-refractivity contribution in [3.05, 3.63) is 65.9 Å². The SMILES string of the molecule is CC(CCOc1no[n+]([O-])c1S(=O)(=O)c1ccccc1)OC(=O)CNC(=O)CCCC1C2CCCN3CCCC(CN1c1ccccc1)C23. The molecule has 14 heteroatoms. The van der Waals surface area contributed by atoms with Crippen molar-refractivity contribution in [2.45, 2.75) is 86.4 Å². The molecule has 1 N–H and O–H groups in total. The fourth-order valence-corrected chi connectivity index (χ4v) is 9.19. The van der Waals surface area contributed by atoms with Crippen LogP contribution in [0.25, 0.3) is 0 Å². The maximum atomic E-state index is 12.9. The summed E-state index contributed by atoms with van der Waals surface area (Å²) >= 11 is 0. The molecule has 0 aliphatic carbocycles. The zero-order chi connectivity index (χ0) is 34.4. The van der Waals surface area contributed by atoms with E-state index in [4.69, 9.17) is 9.47 Å². The van der Waals surface area contributed by atoms with Crippen molar-refractivity contribution in [3.8, 4) is 5.88 Å². The second kappa shape index (κ2) is 15.6. The monoisotopic (exact) mass is 695 g/mol. The van der Waals surface area contributed by atoms with Crippen LogP contribution in [0, 0.1) is 17.0 Å². The molecular formula is C35H45N5O8S. The third kappa shape index (κ3) is 8.01. The number of nitrogens with zero attached hydrogens (tertiary/aromatic N) is 4. The lowest BCUT2D eigenvalue weighted by Gasteiger charge is -2.58. The lowest BCUT2D eigenvalue weighted by molar-refractivity contribution is -0.832. The number of carbonyl (C=O) groups is 2. The zero-order valence-corrected chi connectivity index (χ0v) is 28.6. The minimum absolute atomic E-state index is 0.105. The predicted octanol–water partition coefficient (Wildman–Crippen LogP) is 3.51. The Morgan fingerprint density at radius 1 is 1.08 bits per heavy atom. The molecule has 49 heavy (non-hydrogen) atoms. The van der Waals surface area contributed by atoms with E-state index in [-0.39, 0.29) is 35.3 Å². The molecule has 3 aromatic rings. The number of para-hydroxylation sites is 1. The summed E-state index contributed by atoms with van der Waals surface area (Å²) in [4.78, 5) is 30.2. The molecule has 5 unspecified atom stereocenters. The van der Waals surface area contributed by atoms with E-state index in [0.29, 0.717) is 30.3 Å². The molecule has 3 aliphatic rings. The Balaban J connectivity index is 0.944. The lowest BCUT2D eigenvalue weighted by Crippen LogP contribution is -2.65. The highest BCUT2D eigenvalue weighted by Gasteiger charge is 2.48. The van der Waals surface area contributed by atoms with Crippen LogP contribution >= 0.6 is 0 Å². The fraction of sp³-hybridized carbons (Fsp3) is 0.543. The van der Waals surface area contributed by atoms with Crippen molar-refractivity contribution in [1.82, 2.24) is 15.4 Å². The molecule has 0 radical (unpaired) electrons. The molecule has 3 saturated heterocycles. The van der Waals surface area contributed by atoms with E-state index in [2.05, 4.69) is 55.2 Å². The average Bonchev–Trinajstić information content (AvgIpc) is 3.49. The highest BCUT2D eigenvalue weighted by atomic mass is 32.2. The van der Waals surface area contributed by atoms with E-state index in [9.17, 15) is 23.2 Å². The van der Waals surface area contributed by atoms with E-state index in [0.717, 1.165) is 19.4 Å². The number of esters is 1. The molecule has 0 saturated carbocycles. The normalized spacial score (nSPS) is 22.9. The van der Waals surface area contributed by atoms with Crippen LogP contribution in [0.4, 0.5) is 5.69 Å². The van der Waals surface area contributed by atoms with Gasteiger partial charge in [-0.05, 0) is 99.5 Å². The summed E-state index contributed by atoms with van der Waals surface area (Å²) in [5, 5.41) is 17.4. The van der Waals surface area contributed by atoms with Gasteiger partial charge in [-0.3, -0.25) is 19.1 Å². The summed E-state index contributed by atoms with van der Waals surface area (Å²) in [6.07, 6.45) is 6.52. The highest BCUT2D eigenvalue weighted by molar-refractivity contribution is 7.91. The molecule has 3 aliphatic heterocycles. The first kappa shape index (κ1) is 34.7. The van der Waals surface area contributed by atoms with Gasteiger partial charge in [0, 0.05) is 37.2 Å². The van der Waals surface area contributed by atoms with Crippen LogP contribution in [0.2, 0.25) is 0 Å².